The van der Waals surface area contributed by atoms with E-state index in [2.05, 4.69) is 85.0 Å². The van der Waals surface area contributed by atoms with Crippen LogP contribution in [-0.4, -0.2) is 246 Å². The topological polar surface area (TPSA) is 147 Å². The fourth-order valence-electron chi connectivity index (χ4n) is 7.76. The minimum Gasteiger partial charge on any atom is -0.480 e. The van der Waals surface area contributed by atoms with Crippen molar-refractivity contribution in [2.24, 2.45) is 0 Å². The van der Waals surface area contributed by atoms with E-state index >= 15 is 0 Å². The second-order valence-electron chi connectivity index (χ2n) is 18.4. The highest BCUT2D eigenvalue weighted by molar-refractivity contribution is 7.99. The molecule has 0 aromatic carbocycles. The van der Waals surface area contributed by atoms with Crippen LogP contribution in [0.3, 0.4) is 0 Å². The molecule has 0 aliphatic carbocycles. The highest BCUT2D eigenvalue weighted by Crippen LogP contribution is 2.14. The van der Waals surface area contributed by atoms with Crippen LogP contribution >= 0.6 is 11.8 Å². The normalized spacial score (nSPS) is 19.2. The summed E-state index contributed by atoms with van der Waals surface area (Å²) in [5.74, 6) is 1.93. The van der Waals surface area contributed by atoms with Crippen molar-refractivity contribution in [3.63, 3.8) is 0 Å². The number of carboxylic acids is 1. The number of ether oxygens (including phenoxy) is 1. The van der Waals surface area contributed by atoms with Crippen LogP contribution < -0.4 is 37.2 Å². The fourth-order valence-corrected chi connectivity index (χ4v) is 8.54. The molecule has 10 aliphatic rings. The quantitative estimate of drug-likeness (QED) is 0.126. The van der Waals surface area contributed by atoms with E-state index in [1.807, 2.05) is 190 Å². The largest absolute Gasteiger partial charge is 0.480 e. The molecule has 0 aromatic heterocycles. The molecule has 0 aromatic rings. The number of nitrogens with zero attached hydrogens (tertiary/aromatic N) is 5. The molecule has 10 saturated heterocycles. The van der Waals surface area contributed by atoms with Gasteiger partial charge < -0.3 is 66.7 Å². The fraction of sp³-hybridized carbons (Fsp3) is 0.986. The van der Waals surface area contributed by atoms with Crippen LogP contribution in [0.2, 0.25) is 0 Å². The van der Waals surface area contributed by atoms with Crippen molar-refractivity contribution in [2.75, 3.05) is 204 Å². The molecule has 10 rings (SSSR count). The van der Waals surface area contributed by atoms with Crippen molar-refractivity contribution in [3.8, 4) is 0 Å². The molecule has 0 radical (unpaired) electrons. The zero-order chi connectivity index (χ0) is 70.4. The summed E-state index contributed by atoms with van der Waals surface area (Å²) in [5.41, 5.74) is 0. The Morgan fingerprint density at radius 2 is 0.580 bits per heavy atom. The maximum Gasteiger partial charge on any atom is 0.320 e. The zero-order valence-electron chi connectivity index (χ0n) is 66.5. The summed E-state index contributed by atoms with van der Waals surface area (Å²) in [6.45, 7) is 76.2. The smallest absolute Gasteiger partial charge is 0.320 e. The summed E-state index contributed by atoms with van der Waals surface area (Å²) in [6.07, 6.45) is 20.1. The van der Waals surface area contributed by atoms with E-state index < -0.39 is 5.97 Å². The summed E-state index contributed by atoms with van der Waals surface area (Å²) < 4.78 is 5.01. The predicted octanol–water partition coefficient (Wildman–Crippen LogP) is 15.1. The molecule has 0 amide bonds. The van der Waals surface area contributed by atoms with Crippen LogP contribution in [-0.2, 0) is 9.53 Å². The summed E-state index contributed by atoms with van der Waals surface area (Å²) in [7, 11) is 10.6. The van der Waals surface area contributed by atoms with Crippen molar-refractivity contribution in [3.05, 3.63) is 0 Å². The maximum absolute atomic E-state index is 10.4. The van der Waals surface area contributed by atoms with Gasteiger partial charge in [0.25, 0.3) is 0 Å². The van der Waals surface area contributed by atoms with E-state index in [1.54, 1.807) is 0 Å². The lowest BCUT2D eigenvalue weighted by atomic mass is 10.1. The Labute approximate surface area is 564 Å². The summed E-state index contributed by atoms with van der Waals surface area (Å²) in [6, 6.07) is -0.218. The van der Waals surface area contributed by atoms with E-state index in [0.717, 1.165) is 65.4 Å². The second kappa shape index (κ2) is 127. The molecule has 8 N–H and O–H groups in total. The van der Waals surface area contributed by atoms with Gasteiger partial charge in [-0.1, -0.05) is 185 Å². The average Bonchev–Trinajstić information content (AvgIpc) is 4.72. The van der Waals surface area contributed by atoms with Gasteiger partial charge in [-0.2, -0.15) is 11.8 Å². The molecular weight excluding hydrogens is 1110 g/mol. The number of likely N-dealkylation sites (tertiary alicyclic amines) is 3. The van der Waals surface area contributed by atoms with Gasteiger partial charge in [0.2, 0.25) is 0 Å². The third-order valence-electron chi connectivity index (χ3n) is 12.2. The minimum absolute atomic E-state index is 0.218. The molecule has 10 heterocycles. The van der Waals surface area contributed by atoms with Gasteiger partial charge in [-0.15, -0.1) is 0 Å². The maximum atomic E-state index is 10.4. The van der Waals surface area contributed by atoms with Gasteiger partial charge in [-0.05, 0) is 184 Å². The number of likely N-dealkylation sites (N-methyl/N-ethyl adjacent to an activating group) is 3. The number of carbonyl (C=O) groups is 1. The third kappa shape index (κ3) is 116. The Morgan fingerprint density at radius 1 is 0.318 bits per heavy atom. The molecule has 0 bridgehead atoms. The van der Waals surface area contributed by atoms with Gasteiger partial charge in [-0.3, -0.25) is 9.69 Å². The standard InChI is InChI=1S/C6H14N2.C6H11NO2.C6H13N.3C5H11N.C4H9NO.C4H9NS.C4H9N.C3H8N2.12C2H6/c1-7-3-5-8(2)6-4-7;1-7-4-2-3-5(7)6(8)9;1-7-5-3-2-4-6-7;1-6-4-2-3-5-6;2*1-2-4-6-5-3-1;2*1-3-6-4-2-5-1;1-2-4-5-3-1;1-2-5-3-4-1;12*1-2/h3-6H2,1-2H3;5H,2-4H2,1H3,(H,8,9);2-6H2,1H3;2-5H2,1H3;2*6H,1-5H2;2*5H,1-4H2;5H,1-4H2;4-5H,1-3H2;12*1-2H3. The lowest BCUT2D eigenvalue weighted by Crippen LogP contribution is -2.42. The van der Waals surface area contributed by atoms with Gasteiger partial charge >= 0.3 is 5.97 Å². The number of piperidine rings is 3. The second-order valence-corrected chi connectivity index (χ2v) is 19.7. The number of hydrogen-bond donors (Lipinski definition) is 8. The van der Waals surface area contributed by atoms with Crippen molar-refractivity contribution in [1.82, 2.24) is 61.7 Å². The van der Waals surface area contributed by atoms with Crippen LogP contribution in [0.15, 0.2) is 0 Å². The zero-order valence-corrected chi connectivity index (χ0v) is 67.3. The van der Waals surface area contributed by atoms with Crippen molar-refractivity contribution in [1.29, 1.82) is 0 Å². The minimum atomic E-state index is -0.685. The van der Waals surface area contributed by atoms with E-state index in [-0.39, 0.29) is 6.04 Å². The summed E-state index contributed by atoms with van der Waals surface area (Å²) >= 11 is 2.03. The van der Waals surface area contributed by atoms with Gasteiger partial charge in [0.1, 0.15) is 6.04 Å². The Kier molecular flexibility index (Phi) is 166. The van der Waals surface area contributed by atoms with Crippen molar-refractivity contribution < 1.29 is 14.6 Å². The van der Waals surface area contributed by atoms with Crippen LogP contribution in [0.5, 0.6) is 0 Å². The SMILES string of the molecule is C1CCNC1.C1CCNCC1.C1CCNCC1.C1CNCN1.C1COCCN1.C1CSCCN1.CC.CC.CC.CC.CC.CC.CC.CC.CC.CC.CC.CC.CN1CCCC1.CN1CCCC1C(=O)O.CN1CCCCC1.CN1CCN(C)CC1. The number of morpholine rings is 1. The van der Waals surface area contributed by atoms with Crippen molar-refractivity contribution in [2.45, 2.75) is 269 Å². The first-order chi connectivity index (χ1) is 43.3. The van der Waals surface area contributed by atoms with Crippen LogP contribution in [0.25, 0.3) is 0 Å². The van der Waals surface area contributed by atoms with Crippen LogP contribution in [0, 0.1) is 0 Å². The lowest BCUT2D eigenvalue weighted by molar-refractivity contribution is -0.141. The Hall–Kier alpha value is -0.700. The van der Waals surface area contributed by atoms with E-state index in [4.69, 9.17) is 9.84 Å². The average molecular weight is 1290 g/mol. The highest BCUT2D eigenvalue weighted by Gasteiger charge is 2.26. The molecule has 15 nitrogen and oxygen atoms in total. The molecule has 1 atom stereocenters. The number of thioether (sulfide) groups is 1. The predicted molar refractivity (Wildman–Crippen MR) is 413 cm³/mol. The van der Waals surface area contributed by atoms with Gasteiger partial charge in [0, 0.05) is 83.6 Å². The first-order valence-electron chi connectivity index (χ1n) is 38.1. The van der Waals surface area contributed by atoms with Crippen molar-refractivity contribution >= 4 is 17.7 Å². The molecular formula is C72H178N12O3S. The molecule has 0 spiro atoms. The number of carboxylic acid groups (broad SMARTS) is 1. The lowest BCUT2D eigenvalue weighted by Gasteiger charge is -2.28. The Morgan fingerprint density at radius 3 is 0.705 bits per heavy atom. The summed E-state index contributed by atoms with van der Waals surface area (Å²) in [5, 5.41) is 31.0. The van der Waals surface area contributed by atoms with Gasteiger partial charge in [0.05, 0.1) is 13.2 Å². The molecule has 550 valence electrons. The van der Waals surface area contributed by atoms with Crippen LogP contribution in [0.4, 0.5) is 0 Å². The number of hydrogen-bond acceptors (Lipinski definition) is 15. The number of aliphatic carboxylic acids is 1. The van der Waals surface area contributed by atoms with Gasteiger partial charge in [0.15, 0.2) is 0 Å². The van der Waals surface area contributed by atoms with E-state index in [1.165, 1.54) is 200 Å². The molecule has 0 saturated carbocycles. The van der Waals surface area contributed by atoms with E-state index in [0.29, 0.717) is 0 Å². The van der Waals surface area contributed by atoms with Gasteiger partial charge in [-0.25, -0.2) is 0 Å². The molecule has 10 aliphatic heterocycles. The molecule has 1 unspecified atom stereocenters. The molecule has 10 fully saturated rings. The Balaban J connectivity index is -0.0000000704. The Bertz CT molecular complexity index is 818. The number of nitrogens with one attached hydrogen (secondary N) is 7. The first kappa shape index (κ1) is 115. The number of piperazine rings is 1. The monoisotopic (exact) mass is 1290 g/mol. The van der Waals surface area contributed by atoms with Crippen LogP contribution in [0.1, 0.15) is 262 Å². The van der Waals surface area contributed by atoms with E-state index in [9.17, 15) is 4.79 Å². The summed E-state index contributed by atoms with van der Waals surface area (Å²) in [4.78, 5) is 21.7. The molecule has 88 heavy (non-hydrogen) atoms. The highest BCUT2D eigenvalue weighted by atomic mass is 32.2. The third-order valence-corrected chi connectivity index (χ3v) is 13.2. The first-order valence-corrected chi connectivity index (χ1v) is 39.2. The molecule has 16 heteroatoms. The number of rotatable bonds is 1.